The number of hydrogen-bond acceptors (Lipinski definition) is 6. The van der Waals surface area contributed by atoms with Crippen molar-refractivity contribution in [1.82, 2.24) is 9.38 Å². The summed E-state index contributed by atoms with van der Waals surface area (Å²) in [5.74, 6) is 1.08. The van der Waals surface area contributed by atoms with Gasteiger partial charge in [0.05, 0.1) is 32.7 Å². The van der Waals surface area contributed by atoms with Crippen LogP contribution >= 0.6 is 22.9 Å². The van der Waals surface area contributed by atoms with Gasteiger partial charge in [0, 0.05) is 27.2 Å². The second-order valence-corrected chi connectivity index (χ2v) is 8.61. The van der Waals surface area contributed by atoms with Gasteiger partial charge in [0.25, 0.3) is 0 Å². The van der Waals surface area contributed by atoms with E-state index >= 15 is 0 Å². The quantitative estimate of drug-likeness (QED) is 0.248. The van der Waals surface area contributed by atoms with Crippen molar-refractivity contribution in [2.24, 2.45) is 0 Å². The Hall–Kier alpha value is -3.29. The number of ketones is 1. The van der Waals surface area contributed by atoms with Crippen LogP contribution in [0.4, 0.5) is 0 Å². The number of carbonyl (C=O) groups is 1. The number of aryl methyl sites for hydroxylation is 1. The Balaban J connectivity index is 1.76. The molecule has 32 heavy (non-hydrogen) atoms. The highest BCUT2D eigenvalue weighted by Gasteiger charge is 2.17. The molecule has 0 amide bonds. The van der Waals surface area contributed by atoms with E-state index in [2.05, 4.69) is 0 Å². The van der Waals surface area contributed by atoms with Crippen LogP contribution < -0.4 is 14.2 Å². The van der Waals surface area contributed by atoms with E-state index in [1.807, 2.05) is 41.8 Å². The van der Waals surface area contributed by atoms with Gasteiger partial charge in [-0.05, 0) is 43.3 Å². The first kappa shape index (κ1) is 21.9. The third-order valence-electron chi connectivity index (χ3n) is 4.94. The van der Waals surface area contributed by atoms with Crippen LogP contribution in [0.2, 0.25) is 5.02 Å². The minimum absolute atomic E-state index is 0.201. The lowest BCUT2D eigenvalue weighted by atomic mass is 10.1. The molecular weight excluding hydrogens is 448 g/mol. The van der Waals surface area contributed by atoms with Gasteiger partial charge in [-0.25, -0.2) is 4.98 Å². The van der Waals surface area contributed by atoms with E-state index in [9.17, 15) is 4.79 Å². The van der Waals surface area contributed by atoms with E-state index in [0.29, 0.717) is 27.8 Å². The van der Waals surface area contributed by atoms with Gasteiger partial charge in [0.15, 0.2) is 22.2 Å². The predicted molar refractivity (Wildman–Crippen MR) is 128 cm³/mol. The van der Waals surface area contributed by atoms with Gasteiger partial charge in [-0.1, -0.05) is 23.7 Å². The molecule has 0 N–H and O–H groups in total. The molecule has 0 atom stereocenters. The Labute approximate surface area is 194 Å². The number of rotatable bonds is 7. The predicted octanol–water partition coefficient (Wildman–Crippen LogP) is 5.95. The van der Waals surface area contributed by atoms with Crippen LogP contribution in [-0.2, 0) is 0 Å². The average molecular weight is 469 g/mol. The van der Waals surface area contributed by atoms with Crippen LogP contribution in [0, 0.1) is 6.92 Å². The minimum atomic E-state index is -0.201. The molecule has 2 heterocycles. The minimum Gasteiger partial charge on any atom is -0.493 e. The standard InChI is InChI=1S/C24H21ClN2O4S/c1-14-13-27-18(22(26-24(27)32-14)15-5-7-17(25)8-6-15)9-10-19(28)16-11-20(29-2)23(31-4)21(12-16)30-3/h5-13H,1-4H3/b10-9+. The third kappa shape index (κ3) is 4.09. The average Bonchev–Trinajstić information content (AvgIpc) is 3.32. The first-order valence-corrected chi connectivity index (χ1v) is 10.9. The summed E-state index contributed by atoms with van der Waals surface area (Å²) >= 11 is 7.64. The molecule has 6 nitrogen and oxygen atoms in total. The molecule has 2 aromatic heterocycles. The summed E-state index contributed by atoms with van der Waals surface area (Å²) in [6.07, 6.45) is 5.31. The van der Waals surface area contributed by atoms with E-state index in [4.69, 9.17) is 30.8 Å². The number of ether oxygens (including phenoxy) is 3. The number of benzene rings is 2. The van der Waals surface area contributed by atoms with Crippen molar-refractivity contribution in [2.75, 3.05) is 21.3 Å². The molecule has 4 aromatic rings. The molecule has 0 saturated carbocycles. The molecule has 0 aliphatic carbocycles. The lowest BCUT2D eigenvalue weighted by Gasteiger charge is -2.13. The summed E-state index contributed by atoms with van der Waals surface area (Å²) in [4.78, 5) is 19.8. The second kappa shape index (κ2) is 9.06. The van der Waals surface area contributed by atoms with E-state index in [0.717, 1.165) is 26.8 Å². The largest absolute Gasteiger partial charge is 0.493 e. The lowest BCUT2D eigenvalue weighted by Crippen LogP contribution is -2.00. The van der Waals surface area contributed by atoms with Crippen molar-refractivity contribution in [1.29, 1.82) is 0 Å². The number of imidazole rings is 1. The van der Waals surface area contributed by atoms with Gasteiger partial charge in [-0.15, -0.1) is 11.3 Å². The second-order valence-electron chi connectivity index (χ2n) is 6.96. The summed E-state index contributed by atoms with van der Waals surface area (Å²) in [5.41, 5.74) is 2.93. The number of fused-ring (bicyclic) bond motifs is 1. The highest BCUT2D eigenvalue weighted by molar-refractivity contribution is 7.17. The number of carbonyl (C=O) groups excluding carboxylic acids is 1. The molecular formula is C24H21ClN2O4S. The Morgan fingerprint density at radius 1 is 1.06 bits per heavy atom. The van der Waals surface area contributed by atoms with E-state index in [1.54, 1.807) is 29.5 Å². The lowest BCUT2D eigenvalue weighted by molar-refractivity contribution is 0.104. The van der Waals surface area contributed by atoms with Crippen LogP contribution in [0.1, 0.15) is 20.9 Å². The van der Waals surface area contributed by atoms with Gasteiger partial charge in [0.1, 0.15) is 0 Å². The van der Waals surface area contributed by atoms with Crippen molar-refractivity contribution >= 4 is 39.8 Å². The van der Waals surface area contributed by atoms with E-state index in [1.165, 1.54) is 27.4 Å². The number of hydrogen-bond donors (Lipinski definition) is 0. The number of thiazole rings is 1. The molecule has 0 fully saturated rings. The fourth-order valence-corrected chi connectivity index (χ4v) is 4.38. The number of methoxy groups -OCH3 is 3. The molecule has 0 spiro atoms. The Kier molecular flexibility index (Phi) is 6.21. The molecule has 0 unspecified atom stereocenters. The van der Waals surface area contributed by atoms with Crippen LogP contribution in [0.5, 0.6) is 17.2 Å². The van der Waals surface area contributed by atoms with Crippen LogP contribution in [-0.4, -0.2) is 36.5 Å². The summed E-state index contributed by atoms with van der Waals surface area (Å²) in [6, 6.07) is 10.7. The monoisotopic (exact) mass is 468 g/mol. The first-order valence-electron chi connectivity index (χ1n) is 9.72. The highest BCUT2D eigenvalue weighted by Crippen LogP contribution is 2.38. The van der Waals surface area contributed by atoms with Gasteiger partial charge in [-0.3, -0.25) is 9.20 Å². The maximum Gasteiger partial charge on any atom is 0.203 e. The summed E-state index contributed by atoms with van der Waals surface area (Å²) in [7, 11) is 4.55. The molecule has 164 valence electrons. The zero-order valence-electron chi connectivity index (χ0n) is 18.0. The van der Waals surface area contributed by atoms with Crippen molar-refractivity contribution in [2.45, 2.75) is 6.92 Å². The molecule has 0 aliphatic rings. The molecule has 2 aromatic carbocycles. The molecule has 0 aliphatic heterocycles. The number of nitrogens with zero attached hydrogens (tertiary/aromatic N) is 2. The van der Waals surface area contributed by atoms with Gasteiger partial charge >= 0.3 is 0 Å². The molecule has 0 radical (unpaired) electrons. The van der Waals surface area contributed by atoms with Crippen LogP contribution in [0.15, 0.2) is 48.7 Å². The summed E-state index contributed by atoms with van der Waals surface area (Å²) in [5, 5.41) is 0.653. The Bertz CT molecular complexity index is 1300. The smallest absolute Gasteiger partial charge is 0.203 e. The van der Waals surface area contributed by atoms with Crippen molar-refractivity contribution in [3.8, 4) is 28.5 Å². The molecule has 4 rings (SSSR count). The normalized spacial score (nSPS) is 11.3. The van der Waals surface area contributed by atoms with Crippen molar-refractivity contribution in [3.05, 3.63) is 69.8 Å². The Morgan fingerprint density at radius 3 is 2.31 bits per heavy atom. The van der Waals surface area contributed by atoms with Crippen molar-refractivity contribution in [3.63, 3.8) is 0 Å². The third-order valence-corrected chi connectivity index (χ3v) is 6.09. The SMILES string of the molecule is COc1cc(C(=O)/C=C/c2c(-c3ccc(Cl)cc3)nc3sc(C)cn23)cc(OC)c1OC. The van der Waals surface area contributed by atoms with Crippen LogP contribution in [0.3, 0.4) is 0 Å². The Morgan fingerprint density at radius 2 is 1.72 bits per heavy atom. The molecule has 0 saturated heterocycles. The fraction of sp³-hybridized carbons (Fsp3) is 0.167. The fourth-order valence-electron chi connectivity index (χ4n) is 3.43. The summed E-state index contributed by atoms with van der Waals surface area (Å²) in [6.45, 7) is 2.02. The van der Waals surface area contributed by atoms with Gasteiger partial charge in [0.2, 0.25) is 5.75 Å². The highest BCUT2D eigenvalue weighted by atomic mass is 35.5. The van der Waals surface area contributed by atoms with Gasteiger partial charge < -0.3 is 14.2 Å². The maximum atomic E-state index is 13.0. The molecule has 0 bridgehead atoms. The summed E-state index contributed by atoms with van der Waals surface area (Å²) < 4.78 is 18.0. The first-order chi connectivity index (χ1) is 15.4. The number of halogens is 1. The topological polar surface area (TPSA) is 62.1 Å². The van der Waals surface area contributed by atoms with Crippen LogP contribution in [0.25, 0.3) is 22.3 Å². The van der Waals surface area contributed by atoms with Gasteiger partial charge in [-0.2, -0.15) is 0 Å². The zero-order chi connectivity index (χ0) is 22.8. The molecule has 8 heteroatoms. The number of allylic oxidation sites excluding steroid dienone is 1. The van der Waals surface area contributed by atoms with Crippen molar-refractivity contribution < 1.29 is 19.0 Å². The van der Waals surface area contributed by atoms with E-state index < -0.39 is 0 Å². The zero-order valence-corrected chi connectivity index (χ0v) is 19.6. The number of aromatic nitrogens is 2. The maximum absolute atomic E-state index is 13.0. The van der Waals surface area contributed by atoms with E-state index in [-0.39, 0.29) is 5.78 Å².